The molecule has 0 aliphatic carbocycles. The summed E-state index contributed by atoms with van der Waals surface area (Å²) in [5.41, 5.74) is 9.87. The number of hydrogen-bond donors (Lipinski definition) is 2. The van der Waals surface area contributed by atoms with Gasteiger partial charge in [0.05, 0.1) is 6.04 Å². The summed E-state index contributed by atoms with van der Waals surface area (Å²) in [4.78, 5) is 2.36. The van der Waals surface area contributed by atoms with Crippen LogP contribution in [0.5, 0.6) is 0 Å². The summed E-state index contributed by atoms with van der Waals surface area (Å²) in [7, 11) is 0. The van der Waals surface area contributed by atoms with Gasteiger partial charge in [-0.15, -0.1) is 0 Å². The molecular weight excluding hydrogens is 270 g/mol. The zero-order chi connectivity index (χ0) is 15.9. The van der Waals surface area contributed by atoms with Crippen LogP contribution in [-0.2, 0) is 6.54 Å². The van der Waals surface area contributed by atoms with Crippen molar-refractivity contribution in [3.63, 3.8) is 0 Å². The average molecular weight is 297 g/mol. The molecule has 1 aliphatic heterocycles. The Morgan fingerprint density at radius 3 is 2.59 bits per heavy atom. The highest BCUT2D eigenvalue weighted by Crippen LogP contribution is 2.27. The maximum Gasteiger partial charge on any atom is 0.0679 e. The minimum absolute atomic E-state index is 0.335. The van der Waals surface area contributed by atoms with E-state index in [0.717, 1.165) is 49.4 Å². The van der Waals surface area contributed by atoms with Crippen LogP contribution in [0.4, 0.5) is 0 Å². The number of likely N-dealkylation sites (tertiary alicyclic amines) is 1. The quantitative estimate of drug-likeness (QED) is 0.771. The van der Waals surface area contributed by atoms with Crippen LogP contribution in [-0.4, -0.2) is 17.5 Å². The van der Waals surface area contributed by atoms with E-state index in [1.807, 2.05) is 6.07 Å². The van der Waals surface area contributed by atoms with E-state index in [0.29, 0.717) is 6.04 Å². The third-order valence-corrected chi connectivity index (χ3v) is 4.16. The Labute approximate surface area is 134 Å². The van der Waals surface area contributed by atoms with Gasteiger partial charge < -0.3 is 16.0 Å². The highest BCUT2D eigenvalue weighted by atomic mass is 15.2. The van der Waals surface area contributed by atoms with E-state index in [2.05, 4.69) is 54.2 Å². The number of nitrogens with two attached hydrogens (primary N) is 1. The Morgan fingerprint density at radius 1 is 1.18 bits per heavy atom. The van der Waals surface area contributed by atoms with Crippen LogP contribution in [0.3, 0.4) is 0 Å². The van der Waals surface area contributed by atoms with E-state index in [1.165, 1.54) is 12.0 Å². The largest absolute Gasteiger partial charge is 0.403 e. The second kappa shape index (κ2) is 7.74. The normalized spacial score (nSPS) is 17.3. The van der Waals surface area contributed by atoms with Crippen molar-refractivity contribution in [2.24, 2.45) is 5.73 Å². The summed E-state index contributed by atoms with van der Waals surface area (Å²) in [5.74, 6) is 0. The molecule has 118 valence electrons. The third-order valence-electron chi connectivity index (χ3n) is 4.16. The van der Waals surface area contributed by atoms with Crippen molar-refractivity contribution in [3.8, 4) is 0 Å². The summed E-state index contributed by atoms with van der Waals surface area (Å²) in [5, 5.41) is 3.47. The van der Waals surface area contributed by atoms with Gasteiger partial charge in [-0.05, 0) is 31.2 Å². The molecule has 0 spiro atoms. The van der Waals surface area contributed by atoms with Gasteiger partial charge in [0.25, 0.3) is 0 Å². The first kappa shape index (κ1) is 16.2. The van der Waals surface area contributed by atoms with Crippen LogP contribution in [0, 0.1) is 0 Å². The van der Waals surface area contributed by atoms with Crippen molar-refractivity contribution in [3.05, 3.63) is 72.7 Å². The van der Waals surface area contributed by atoms with Gasteiger partial charge in [-0.1, -0.05) is 50.1 Å². The highest BCUT2D eigenvalue weighted by molar-refractivity contribution is 5.18. The zero-order valence-electron chi connectivity index (χ0n) is 13.4. The fourth-order valence-corrected chi connectivity index (χ4v) is 2.89. The predicted molar refractivity (Wildman–Crippen MR) is 93.9 cm³/mol. The van der Waals surface area contributed by atoms with Crippen molar-refractivity contribution in [2.45, 2.75) is 38.3 Å². The van der Waals surface area contributed by atoms with Crippen molar-refractivity contribution in [1.82, 2.24) is 10.2 Å². The van der Waals surface area contributed by atoms with Crippen molar-refractivity contribution >= 4 is 0 Å². The fraction of sp³-hybridized carbons (Fsp3) is 0.368. The number of allylic oxidation sites excluding steroid dienone is 2. The molecule has 3 heteroatoms. The average Bonchev–Trinajstić information content (AvgIpc) is 3.01. The molecular formula is C19H27N3. The standard InChI is InChI=1S/C19H27N3/c1-15(20)11-12-16(2)22-13-7-10-19(22)17(3)21-14-18-8-5-4-6-9-18/h4-6,8-9,19,21H,1-3,7,10-14,20H2. The number of benzene rings is 1. The number of nitrogens with zero attached hydrogens (tertiary/aromatic N) is 1. The van der Waals surface area contributed by atoms with Crippen molar-refractivity contribution in [2.75, 3.05) is 6.54 Å². The Hall–Kier alpha value is -2.16. The lowest BCUT2D eigenvalue weighted by Crippen LogP contribution is -2.34. The molecule has 1 aliphatic rings. The van der Waals surface area contributed by atoms with Gasteiger partial charge in [0.2, 0.25) is 0 Å². The van der Waals surface area contributed by atoms with Gasteiger partial charge in [0.15, 0.2) is 0 Å². The summed E-state index contributed by atoms with van der Waals surface area (Å²) in [6, 6.07) is 10.7. The second-order valence-electron chi connectivity index (χ2n) is 5.94. The number of hydrogen-bond acceptors (Lipinski definition) is 3. The molecule has 1 atom stereocenters. The summed E-state index contributed by atoms with van der Waals surface area (Å²) >= 11 is 0. The van der Waals surface area contributed by atoms with Crippen LogP contribution >= 0.6 is 0 Å². The molecule has 0 saturated carbocycles. The number of rotatable bonds is 8. The molecule has 1 aromatic rings. The van der Waals surface area contributed by atoms with Crippen LogP contribution in [0.15, 0.2) is 67.2 Å². The van der Waals surface area contributed by atoms with Crippen molar-refractivity contribution < 1.29 is 0 Å². The lowest BCUT2D eigenvalue weighted by molar-refractivity contribution is 0.332. The first-order chi connectivity index (χ1) is 10.6. The van der Waals surface area contributed by atoms with E-state index in [-0.39, 0.29) is 0 Å². The fourth-order valence-electron chi connectivity index (χ4n) is 2.89. The molecule has 0 aromatic heterocycles. The van der Waals surface area contributed by atoms with Gasteiger partial charge in [-0.2, -0.15) is 0 Å². The Bertz CT molecular complexity index is 533. The minimum Gasteiger partial charge on any atom is -0.403 e. The molecule has 22 heavy (non-hydrogen) atoms. The van der Waals surface area contributed by atoms with Crippen LogP contribution < -0.4 is 11.1 Å². The predicted octanol–water partition coefficient (Wildman–Crippen LogP) is 3.52. The van der Waals surface area contributed by atoms with Crippen LogP contribution in [0.1, 0.15) is 31.2 Å². The molecule has 1 unspecified atom stereocenters. The zero-order valence-corrected chi connectivity index (χ0v) is 13.4. The molecule has 1 heterocycles. The molecule has 0 radical (unpaired) electrons. The molecule has 1 saturated heterocycles. The topological polar surface area (TPSA) is 41.3 Å². The van der Waals surface area contributed by atoms with Crippen LogP contribution in [0.25, 0.3) is 0 Å². The molecule has 1 aromatic carbocycles. The highest BCUT2D eigenvalue weighted by Gasteiger charge is 2.27. The minimum atomic E-state index is 0.335. The van der Waals surface area contributed by atoms with Gasteiger partial charge in [0, 0.05) is 30.2 Å². The lowest BCUT2D eigenvalue weighted by Gasteiger charge is -2.30. The van der Waals surface area contributed by atoms with E-state index in [4.69, 9.17) is 5.73 Å². The van der Waals surface area contributed by atoms with Gasteiger partial charge in [-0.25, -0.2) is 0 Å². The van der Waals surface area contributed by atoms with E-state index >= 15 is 0 Å². The first-order valence-corrected chi connectivity index (χ1v) is 7.92. The Kier molecular flexibility index (Phi) is 5.70. The first-order valence-electron chi connectivity index (χ1n) is 7.92. The maximum absolute atomic E-state index is 5.66. The summed E-state index contributed by atoms with van der Waals surface area (Å²) in [6.07, 6.45) is 3.98. The second-order valence-corrected chi connectivity index (χ2v) is 5.94. The number of nitrogens with one attached hydrogen (secondary N) is 1. The monoisotopic (exact) mass is 297 g/mol. The van der Waals surface area contributed by atoms with Gasteiger partial charge in [-0.3, -0.25) is 0 Å². The maximum atomic E-state index is 5.66. The Morgan fingerprint density at radius 2 is 1.91 bits per heavy atom. The smallest absolute Gasteiger partial charge is 0.0679 e. The van der Waals surface area contributed by atoms with Gasteiger partial charge in [0.1, 0.15) is 0 Å². The SMILES string of the molecule is C=C(N)CCC(=C)N1CCCC1C(=C)NCc1ccccc1. The molecule has 3 N–H and O–H groups in total. The van der Waals surface area contributed by atoms with Gasteiger partial charge >= 0.3 is 0 Å². The van der Waals surface area contributed by atoms with Crippen molar-refractivity contribution in [1.29, 1.82) is 0 Å². The molecule has 0 bridgehead atoms. The summed E-state index contributed by atoms with van der Waals surface area (Å²) < 4.78 is 0. The van der Waals surface area contributed by atoms with E-state index in [1.54, 1.807) is 0 Å². The van der Waals surface area contributed by atoms with E-state index in [9.17, 15) is 0 Å². The van der Waals surface area contributed by atoms with E-state index < -0.39 is 0 Å². The van der Waals surface area contributed by atoms with Crippen LogP contribution in [0.2, 0.25) is 0 Å². The molecule has 2 rings (SSSR count). The molecule has 0 amide bonds. The summed E-state index contributed by atoms with van der Waals surface area (Å²) in [6.45, 7) is 14.1. The lowest BCUT2D eigenvalue weighted by atomic mass is 10.1. The Balaban J connectivity index is 1.87. The molecule has 1 fully saturated rings. The molecule has 3 nitrogen and oxygen atoms in total. The third kappa shape index (κ3) is 4.42.